The molecule has 0 aliphatic carbocycles. The topological polar surface area (TPSA) is 55.6 Å². The molecule has 0 aliphatic heterocycles. The van der Waals surface area contributed by atoms with Crippen LogP contribution in [0.5, 0.6) is 0 Å². The van der Waals surface area contributed by atoms with Crippen LogP contribution in [0.4, 0.5) is 5.69 Å². The van der Waals surface area contributed by atoms with Crippen LogP contribution in [-0.4, -0.2) is 37.1 Å². The summed E-state index contributed by atoms with van der Waals surface area (Å²) in [7, 11) is 0. The highest BCUT2D eigenvalue weighted by molar-refractivity contribution is 6.39. The molecule has 1 amide bonds. The lowest BCUT2D eigenvalue weighted by Gasteiger charge is -2.21. The van der Waals surface area contributed by atoms with Crippen molar-refractivity contribution < 1.29 is 9.53 Å². The molecule has 1 rings (SSSR count). The standard InChI is InChI=1S/C13H18Cl2N2O2/c1-3-17(5-6-19-4-2)13(18)9-7-10(14)12(16)11(15)8-9/h7-8H,3-6,16H2,1-2H3. The monoisotopic (exact) mass is 304 g/mol. The van der Waals surface area contributed by atoms with E-state index < -0.39 is 0 Å². The molecule has 4 nitrogen and oxygen atoms in total. The Bertz CT molecular complexity index is 429. The Morgan fingerprint density at radius 3 is 2.37 bits per heavy atom. The van der Waals surface area contributed by atoms with Gasteiger partial charge in [0.1, 0.15) is 0 Å². The predicted molar refractivity (Wildman–Crippen MR) is 78.9 cm³/mol. The van der Waals surface area contributed by atoms with Gasteiger partial charge in [-0.05, 0) is 26.0 Å². The van der Waals surface area contributed by atoms with Crippen molar-refractivity contribution in [1.82, 2.24) is 4.90 Å². The predicted octanol–water partition coefficient (Wildman–Crippen LogP) is 3.07. The third-order valence-corrected chi connectivity index (χ3v) is 3.33. The zero-order valence-electron chi connectivity index (χ0n) is 11.1. The first-order chi connectivity index (χ1) is 9.01. The van der Waals surface area contributed by atoms with Gasteiger partial charge in [0.05, 0.1) is 22.3 Å². The van der Waals surface area contributed by atoms with E-state index in [1.54, 1.807) is 4.90 Å². The van der Waals surface area contributed by atoms with Gasteiger partial charge in [-0.2, -0.15) is 0 Å². The Balaban J connectivity index is 2.85. The molecule has 6 heteroatoms. The van der Waals surface area contributed by atoms with E-state index in [1.165, 1.54) is 12.1 Å². The SMILES string of the molecule is CCOCCN(CC)C(=O)c1cc(Cl)c(N)c(Cl)c1. The first-order valence-electron chi connectivity index (χ1n) is 6.12. The van der Waals surface area contributed by atoms with E-state index in [-0.39, 0.29) is 21.6 Å². The van der Waals surface area contributed by atoms with Crippen molar-refractivity contribution in [1.29, 1.82) is 0 Å². The van der Waals surface area contributed by atoms with Gasteiger partial charge in [-0.3, -0.25) is 4.79 Å². The maximum absolute atomic E-state index is 12.3. The fourth-order valence-corrected chi connectivity index (χ4v) is 2.10. The Labute approximate surface area is 123 Å². The number of benzene rings is 1. The molecule has 2 N–H and O–H groups in total. The second-order valence-electron chi connectivity index (χ2n) is 3.94. The number of carbonyl (C=O) groups excluding carboxylic acids is 1. The Hall–Kier alpha value is -0.970. The number of hydrogen-bond acceptors (Lipinski definition) is 3. The molecule has 0 saturated carbocycles. The van der Waals surface area contributed by atoms with E-state index in [2.05, 4.69) is 0 Å². The maximum atomic E-state index is 12.3. The first-order valence-corrected chi connectivity index (χ1v) is 6.88. The Morgan fingerprint density at radius 1 is 1.32 bits per heavy atom. The fourth-order valence-electron chi connectivity index (χ4n) is 1.61. The zero-order valence-corrected chi connectivity index (χ0v) is 12.6. The van der Waals surface area contributed by atoms with Gasteiger partial charge in [0.25, 0.3) is 5.91 Å². The molecular formula is C13H18Cl2N2O2. The number of ether oxygens (including phenoxy) is 1. The van der Waals surface area contributed by atoms with Crippen molar-refractivity contribution in [3.8, 4) is 0 Å². The number of rotatable bonds is 6. The lowest BCUT2D eigenvalue weighted by atomic mass is 10.1. The first kappa shape index (κ1) is 16.1. The minimum atomic E-state index is -0.133. The third kappa shape index (κ3) is 4.27. The van der Waals surface area contributed by atoms with Crippen molar-refractivity contribution in [2.45, 2.75) is 13.8 Å². The van der Waals surface area contributed by atoms with E-state index in [0.29, 0.717) is 31.9 Å². The summed E-state index contributed by atoms with van der Waals surface area (Å²) in [5.74, 6) is -0.133. The number of nitrogens with two attached hydrogens (primary N) is 1. The third-order valence-electron chi connectivity index (χ3n) is 2.70. The number of likely N-dealkylation sites (N-methyl/N-ethyl adjacent to an activating group) is 1. The van der Waals surface area contributed by atoms with Crippen molar-refractivity contribution in [3.63, 3.8) is 0 Å². The van der Waals surface area contributed by atoms with Crippen LogP contribution in [0.15, 0.2) is 12.1 Å². The number of carbonyl (C=O) groups is 1. The highest BCUT2D eigenvalue weighted by Crippen LogP contribution is 2.29. The smallest absolute Gasteiger partial charge is 0.254 e. The summed E-state index contributed by atoms with van der Waals surface area (Å²) >= 11 is 11.9. The number of halogens is 2. The second-order valence-corrected chi connectivity index (χ2v) is 4.75. The van der Waals surface area contributed by atoms with Crippen LogP contribution in [0.25, 0.3) is 0 Å². The van der Waals surface area contributed by atoms with Crippen LogP contribution in [-0.2, 0) is 4.74 Å². The minimum Gasteiger partial charge on any atom is -0.396 e. The number of hydrogen-bond donors (Lipinski definition) is 1. The molecule has 0 heterocycles. The van der Waals surface area contributed by atoms with E-state index in [9.17, 15) is 4.79 Å². The summed E-state index contributed by atoms with van der Waals surface area (Å²) < 4.78 is 5.25. The average Bonchev–Trinajstić information content (AvgIpc) is 2.40. The molecule has 1 aromatic rings. The maximum Gasteiger partial charge on any atom is 0.254 e. The van der Waals surface area contributed by atoms with E-state index in [4.69, 9.17) is 33.7 Å². The van der Waals surface area contributed by atoms with Crippen LogP contribution in [0.1, 0.15) is 24.2 Å². The number of anilines is 1. The summed E-state index contributed by atoms with van der Waals surface area (Å²) in [4.78, 5) is 14.0. The molecule has 0 bridgehead atoms. The molecule has 0 aliphatic rings. The molecule has 19 heavy (non-hydrogen) atoms. The summed E-state index contributed by atoms with van der Waals surface area (Å²) in [5.41, 5.74) is 6.37. The lowest BCUT2D eigenvalue weighted by molar-refractivity contribution is 0.0669. The minimum absolute atomic E-state index is 0.133. The lowest BCUT2D eigenvalue weighted by Crippen LogP contribution is -2.33. The van der Waals surface area contributed by atoms with Crippen molar-refractivity contribution in [2.24, 2.45) is 0 Å². The Kier molecular flexibility index (Phi) is 6.42. The van der Waals surface area contributed by atoms with Gasteiger partial charge < -0.3 is 15.4 Å². The largest absolute Gasteiger partial charge is 0.396 e. The summed E-state index contributed by atoms with van der Waals surface area (Å²) in [6.45, 7) is 6.08. The molecule has 0 spiro atoms. The second kappa shape index (κ2) is 7.58. The average molecular weight is 305 g/mol. The van der Waals surface area contributed by atoms with Gasteiger partial charge in [0, 0.05) is 25.3 Å². The van der Waals surface area contributed by atoms with Crippen LogP contribution in [0.3, 0.4) is 0 Å². The fraction of sp³-hybridized carbons (Fsp3) is 0.462. The number of nitrogens with zero attached hydrogens (tertiary/aromatic N) is 1. The van der Waals surface area contributed by atoms with Gasteiger partial charge in [-0.15, -0.1) is 0 Å². The molecule has 0 saturated heterocycles. The molecule has 0 radical (unpaired) electrons. The van der Waals surface area contributed by atoms with Gasteiger partial charge in [0.2, 0.25) is 0 Å². The van der Waals surface area contributed by atoms with Crippen LogP contribution in [0.2, 0.25) is 10.0 Å². The quantitative estimate of drug-likeness (QED) is 0.649. The summed E-state index contributed by atoms with van der Waals surface area (Å²) in [5, 5.41) is 0.577. The van der Waals surface area contributed by atoms with Gasteiger partial charge in [0.15, 0.2) is 0 Å². The highest BCUT2D eigenvalue weighted by atomic mass is 35.5. The molecular weight excluding hydrogens is 287 g/mol. The molecule has 0 aromatic heterocycles. The number of amides is 1. The van der Waals surface area contributed by atoms with Gasteiger partial charge in [-0.25, -0.2) is 0 Å². The molecule has 0 atom stereocenters. The summed E-state index contributed by atoms with van der Waals surface area (Å²) in [6, 6.07) is 3.07. The van der Waals surface area contributed by atoms with E-state index >= 15 is 0 Å². The van der Waals surface area contributed by atoms with Gasteiger partial charge >= 0.3 is 0 Å². The van der Waals surface area contributed by atoms with E-state index in [0.717, 1.165) is 0 Å². The zero-order chi connectivity index (χ0) is 14.4. The molecule has 106 valence electrons. The number of nitrogen functional groups attached to an aromatic ring is 1. The van der Waals surface area contributed by atoms with E-state index in [1.807, 2.05) is 13.8 Å². The molecule has 0 unspecified atom stereocenters. The molecule has 0 fully saturated rings. The van der Waals surface area contributed by atoms with Gasteiger partial charge in [-0.1, -0.05) is 23.2 Å². The Morgan fingerprint density at radius 2 is 1.89 bits per heavy atom. The van der Waals surface area contributed by atoms with Crippen LogP contribution < -0.4 is 5.73 Å². The van der Waals surface area contributed by atoms with Crippen LogP contribution in [0, 0.1) is 0 Å². The summed E-state index contributed by atoms with van der Waals surface area (Å²) in [6.07, 6.45) is 0. The molecule has 1 aromatic carbocycles. The van der Waals surface area contributed by atoms with Crippen LogP contribution >= 0.6 is 23.2 Å². The highest BCUT2D eigenvalue weighted by Gasteiger charge is 2.16. The van der Waals surface area contributed by atoms with Crippen molar-refractivity contribution in [2.75, 3.05) is 32.0 Å². The van der Waals surface area contributed by atoms with Crippen molar-refractivity contribution >= 4 is 34.8 Å². The van der Waals surface area contributed by atoms with Crippen molar-refractivity contribution in [3.05, 3.63) is 27.7 Å². The normalized spacial score (nSPS) is 10.5.